The summed E-state index contributed by atoms with van der Waals surface area (Å²) in [6, 6.07) is 11.6. The number of imidazole rings is 1. The quantitative estimate of drug-likeness (QED) is 0.283. The van der Waals surface area contributed by atoms with Gasteiger partial charge in [0.1, 0.15) is 5.82 Å². The highest BCUT2D eigenvalue weighted by Gasteiger charge is 2.22. The number of thiophene rings is 1. The summed E-state index contributed by atoms with van der Waals surface area (Å²) in [6.45, 7) is 8.47. The fraction of sp³-hybridized carbons (Fsp3) is 0.370. The highest BCUT2D eigenvalue weighted by molar-refractivity contribution is 7.09. The van der Waals surface area contributed by atoms with Crippen LogP contribution in [0.4, 0.5) is 0 Å². The second-order valence-electron chi connectivity index (χ2n) is 9.30. The van der Waals surface area contributed by atoms with Gasteiger partial charge < -0.3 is 9.67 Å². The standard InChI is InChI=1S/C27H32N2O3S/c1-5-6-9-24-28-17-22(15-21(26(31)32)16-23-8-7-14-33-23)29(24)18-19-10-12-20(13-11-19)25(30)27(2,3)4/h7-8,10-15,17H,5-6,9,16,18H2,1-4H3,(H,31,32)/b21-15+. The number of aryl methyl sites for hydroxylation is 1. The number of hydrogen-bond acceptors (Lipinski definition) is 4. The van der Waals surface area contributed by atoms with Crippen molar-refractivity contribution in [1.82, 2.24) is 9.55 Å². The fourth-order valence-electron chi connectivity index (χ4n) is 3.61. The van der Waals surface area contributed by atoms with Crippen molar-refractivity contribution in [1.29, 1.82) is 0 Å². The van der Waals surface area contributed by atoms with Gasteiger partial charge in [0, 0.05) is 40.8 Å². The highest BCUT2D eigenvalue weighted by atomic mass is 32.1. The second kappa shape index (κ2) is 10.8. The molecule has 6 heteroatoms. The van der Waals surface area contributed by atoms with Gasteiger partial charge in [0.15, 0.2) is 5.78 Å². The fourth-order valence-corrected chi connectivity index (χ4v) is 4.33. The molecule has 3 aromatic rings. The number of carbonyl (C=O) groups excluding carboxylic acids is 1. The smallest absolute Gasteiger partial charge is 0.332 e. The number of carboxylic acids is 1. The second-order valence-corrected chi connectivity index (χ2v) is 10.3. The highest BCUT2D eigenvalue weighted by Crippen LogP contribution is 2.23. The van der Waals surface area contributed by atoms with Crippen molar-refractivity contribution in [3.05, 3.63) is 81.1 Å². The van der Waals surface area contributed by atoms with Crippen LogP contribution >= 0.6 is 11.3 Å². The molecule has 0 saturated carbocycles. The predicted molar refractivity (Wildman–Crippen MR) is 134 cm³/mol. The van der Waals surface area contributed by atoms with Crippen LogP contribution in [0.2, 0.25) is 0 Å². The van der Waals surface area contributed by atoms with Gasteiger partial charge in [-0.05, 0) is 29.5 Å². The number of benzene rings is 1. The molecule has 0 fully saturated rings. The summed E-state index contributed by atoms with van der Waals surface area (Å²) in [7, 11) is 0. The topological polar surface area (TPSA) is 72.2 Å². The molecule has 33 heavy (non-hydrogen) atoms. The van der Waals surface area contributed by atoms with Crippen LogP contribution in [0.25, 0.3) is 6.08 Å². The first-order valence-corrected chi connectivity index (χ1v) is 12.2. The molecular formula is C27H32N2O3S. The molecule has 0 radical (unpaired) electrons. The lowest BCUT2D eigenvalue weighted by Gasteiger charge is -2.17. The van der Waals surface area contributed by atoms with E-state index in [1.807, 2.05) is 62.5 Å². The molecule has 0 bridgehead atoms. The molecule has 0 aliphatic carbocycles. The molecule has 0 atom stereocenters. The first-order chi connectivity index (χ1) is 15.7. The molecule has 0 amide bonds. The minimum atomic E-state index is -0.920. The van der Waals surface area contributed by atoms with Crippen LogP contribution in [0.15, 0.2) is 53.5 Å². The van der Waals surface area contributed by atoms with Crippen molar-refractivity contribution in [2.45, 2.75) is 59.9 Å². The van der Waals surface area contributed by atoms with Crippen LogP contribution in [0.5, 0.6) is 0 Å². The van der Waals surface area contributed by atoms with E-state index in [2.05, 4.69) is 16.5 Å². The summed E-state index contributed by atoms with van der Waals surface area (Å²) in [4.78, 5) is 30.1. The molecule has 0 aliphatic heterocycles. The van der Waals surface area contributed by atoms with Gasteiger partial charge in [-0.25, -0.2) is 9.78 Å². The van der Waals surface area contributed by atoms with Crippen molar-refractivity contribution in [3.8, 4) is 0 Å². The molecule has 5 nitrogen and oxygen atoms in total. The number of nitrogens with zero attached hydrogens (tertiary/aromatic N) is 2. The summed E-state index contributed by atoms with van der Waals surface area (Å²) >= 11 is 1.55. The number of carbonyl (C=O) groups is 2. The van der Waals surface area contributed by atoms with E-state index in [1.165, 1.54) is 0 Å². The van der Waals surface area contributed by atoms with E-state index < -0.39 is 11.4 Å². The zero-order valence-corrected chi connectivity index (χ0v) is 20.6. The molecule has 0 aliphatic rings. The van der Waals surface area contributed by atoms with Crippen molar-refractivity contribution in [2.75, 3.05) is 0 Å². The van der Waals surface area contributed by atoms with Gasteiger partial charge in [-0.15, -0.1) is 11.3 Å². The summed E-state index contributed by atoms with van der Waals surface area (Å²) in [6.07, 6.45) is 6.78. The largest absolute Gasteiger partial charge is 0.478 e. The molecule has 2 aromatic heterocycles. The summed E-state index contributed by atoms with van der Waals surface area (Å²) in [5.74, 6) is 0.138. The Kier molecular flexibility index (Phi) is 8.03. The van der Waals surface area contributed by atoms with E-state index in [-0.39, 0.29) is 5.78 Å². The van der Waals surface area contributed by atoms with Crippen molar-refractivity contribution in [3.63, 3.8) is 0 Å². The molecule has 1 aromatic carbocycles. The Hall–Kier alpha value is -2.99. The van der Waals surface area contributed by atoms with Gasteiger partial charge >= 0.3 is 5.97 Å². The Balaban J connectivity index is 1.92. The number of ketones is 1. The molecule has 0 saturated heterocycles. The zero-order chi connectivity index (χ0) is 24.0. The van der Waals surface area contributed by atoms with Gasteiger partial charge in [0.2, 0.25) is 0 Å². The average molecular weight is 465 g/mol. The monoisotopic (exact) mass is 464 g/mol. The Bertz CT molecular complexity index is 1120. The number of carboxylic acid groups (broad SMARTS) is 1. The van der Waals surface area contributed by atoms with E-state index in [1.54, 1.807) is 23.6 Å². The molecule has 3 rings (SSSR count). The Morgan fingerprint density at radius 3 is 2.45 bits per heavy atom. The van der Waals surface area contributed by atoms with Gasteiger partial charge in [0.05, 0.1) is 11.9 Å². The molecule has 1 N–H and O–H groups in total. The molecular weight excluding hydrogens is 432 g/mol. The molecule has 2 heterocycles. The van der Waals surface area contributed by atoms with Gasteiger partial charge in [-0.3, -0.25) is 4.79 Å². The van der Waals surface area contributed by atoms with E-state index in [0.29, 0.717) is 24.1 Å². The van der Waals surface area contributed by atoms with E-state index in [9.17, 15) is 14.7 Å². The summed E-state index contributed by atoms with van der Waals surface area (Å²) < 4.78 is 2.09. The maximum Gasteiger partial charge on any atom is 0.332 e. The summed E-state index contributed by atoms with van der Waals surface area (Å²) in [5, 5.41) is 11.7. The lowest BCUT2D eigenvalue weighted by Crippen LogP contribution is -2.20. The van der Waals surface area contributed by atoms with Crippen LogP contribution in [0.1, 0.15) is 72.9 Å². The number of aromatic nitrogens is 2. The zero-order valence-electron chi connectivity index (χ0n) is 19.8. The lowest BCUT2D eigenvalue weighted by atomic mass is 9.86. The minimum Gasteiger partial charge on any atom is -0.478 e. The molecule has 0 unspecified atom stereocenters. The third-order valence-electron chi connectivity index (χ3n) is 5.50. The first kappa shape index (κ1) is 24.6. The average Bonchev–Trinajstić information content (AvgIpc) is 3.41. The third-order valence-corrected chi connectivity index (χ3v) is 6.38. The van der Waals surface area contributed by atoms with Gasteiger partial charge in [0.25, 0.3) is 0 Å². The van der Waals surface area contributed by atoms with Crippen LogP contribution in [-0.4, -0.2) is 26.4 Å². The predicted octanol–water partition coefficient (Wildman–Crippen LogP) is 6.28. The normalized spacial score (nSPS) is 12.2. The Morgan fingerprint density at radius 1 is 1.15 bits per heavy atom. The lowest BCUT2D eigenvalue weighted by molar-refractivity contribution is -0.132. The van der Waals surface area contributed by atoms with Crippen LogP contribution in [0.3, 0.4) is 0 Å². The number of rotatable bonds is 10. The van der Waals surface area contributed by atoms with Gasteiger partial charge in [-0.1, -0.05) is 64.4 Å². The van der Waals surface area contributed by atoms with Crippen molar-refractivity contribution >= 4 is 29.2 Å². The Labute approximate surface area is 199 Å². The minimum absolute atomic E-state index is 0.114. The van der Waals surface area contributed by atoms with Crippen LogP contribution < -0.4 is 0 Å². The van der Waals surface area contributed by atoms with Gasteiger partial charge in [-0.2, -0.15) is 0 Å². The Morgan fingerprint density at radius 2 is 1.88 bits per heavy atom. The number of unbranched alkanes of at least 4 members (excludes halogenated alkanes) is 1. The summed E-state index contributed by atoms with van der Waals surface area (Å²) in [5.41, 5.74) is 2.44. The van der Waals surface area contributed by atoms with Crippen molar-refractivity contribution < 1.29 is 14.7 Å². The maximum atomic E-state index is 12.6. The third kappa shape index (κ3) is 6.51. The van der Waals surface area contributed by atoms with Crippen molar-refractivity contribution in [2.24, 2.45) is 5.41 Å². The molecule has 174 valence electrons. The SMILES string of the molecule is CCCCc1ncc(/C=C(\Cc2cccs2)C(=O)O)n1Cc1ccc(C(=O)C(C)(C)C)cc1. The van der Waals surface area contributed by atoms with Crippen LogP contribution in [-0.2, 0) is 24.2 Å². The number of Topliss-reactive ketones (excluding diaryl/α,β-unsaturated/α-hetero) is 1. The molecule has 0 spiro atoms. The van der Waals surface area contributed by atoms with Crippen LogP contribution in [0, 0.1) is 5.41 Å². The maximum absolute atomic E-state index is 12.6. The number of hydrogen-bond donors (Lipinski definition) is 1. The number of aliphatic carboxylic acids is 1. The first-order valence-electron chi connectivity index (χ1n) is 11.3. The van der Waals surface area contributed by atoms with E-state index in [4.69, 9.17) is 0 Å². The van der Waals surface area contributed by atoms with E-state index >= 15 is 0 Å². The van der Waals surface area contributed by atoms with E-state index in [0.717, 1.165) is 41.2 Å².